The fourth-order valence-corrected chi connectivity index (χ4v) is 1.85. The minimum Gasteiger partial charge on any atom is -0.496 e. The molecule has 1 aromatic rings. The van der Waals surface area contributed by atoms with Crippen LogP contribution in [0.1, 0.15) is 31.9 Å². The topological polar surface area (TPSA) is 64.3 Å². The van der Waals surface area contributed by atoms with Gasteiger partial charge in [-0.25, -0.2) is 0 Å². The van der Waals surface area contributed by atoms with Crippen molar-refractivity contribution in [2.24, 2.45) is 5.73 Å². The molecule has 19 heavy (non-hydrogen) atoms. The van der Waals surface area contributed by atoms with E-state index < -0.39 is 0 Å². The molecular formula is C15H24N2O2. The van der Waals surface area contributed by atoms with Crippen molar-refractivity contribution < 1.29 is 9.53 Å². The summed E-state index contributed by atoms with van der Waals surface area (Å²) in [5, 5.41) is 2.77. The highest BCUT2D eigenvalue weighted by molar-refractivity contribution is 5.77. The first-order chi connectivity index (χ1) is 8.88. The zero-order chi connectivity index (χ0) is 14.5. The van der Waals surface area contributed by atoms with Gasteiger partial charge in [0.15, 0.2) is 0 Å². The van der Waals surface area contributed by atoms with Gasteiger partial charge in [0.05, 0.1) is 13.7 Å². The number of amides is 1. The van der Waals surface area contributed by atoms with E-state index in [0.717, 1.165) is 17.7 Å². The molecule has 0 saturated heterocycles. The largest absolute Gasteiger partial charge is 0.496 e. The van der Waals surface area contributed by atoms with Crippen LogP contribution in [0.4, 0.5) is 0 Å². The third-order valence-electron chi connectivity index (χ3n) is 3.05. The summed E-state index contributed by atoms with van der Waals surface area (Å²) < 4.78 is 5.36. The Labute approximate surface area is 115 Å². The van der Waals surface area contributed by atoms with Crippen LogP contribution >= 0.6 is 0 Å². The molecule has 0 fully saturated rings. The Morgan fingerprint density at radius 3 is 2.58 bits per heavy atom. The monoisotopic (exact) mass is 264 g/mol. The molecule has 1 amide bonds. The summed E-state index contributed by atoms with van der Waals surface area (Å²) in [6.45, 7) is 7.12. The van der Waals surface area contributed by atoms with E-state index in [1.807, 2.05) is 6.07 Å². The summed E-state index contributed by atoms with van der Waals surface area (Å²) in [5.74, 6) is 0.723. The summed E-state index contributed by atoms with van der Waals surface area (Å²) in [4.78, 5) is 11.1. The molecule has 0 spiro atoms. The molecule has 0 aliphatic heterocycles. The number of ether oxygens (including phenoxy) is 1. The summed E-state index contributed by atoms with van der Waals surface area (Å²) in [7, 11) is 1.66. The van der Waals surface area contributed by atoms with Gasteiger partial charge in [0.1, 0.15) is 5.75 Å². The van der Waals surface area contributed by atoms with Crippen molar-refractivity contribution in [3.63, 3.8) is 0 Å². The van der Waals surface area contributed by atoms with Crippen molar-refractivity contribution in [3.8, 4) is 5.75 Å². The number of hydrogen-bond donors (Lipinski definition) is 2. The van der Waals surface area contributed by atoms with E-state index in [0.29, 0.717) is 6.54 Å². The van der Waals surface area contributed by atoms with E-state index >= 15 is 0 Å². The molecule has 4 nitrogen and oxygen atoms in total. The molecule has 0 bridgehead atoms. The van der Waals surface area contributed by atoms with Gasteiger partial charge >= 0.3 is 0 Å². The van der Waals surface area contributed by atoms with Crippen LogP contribution in [0.15, 0.2) is 18.2 Å². The normalized spacial score (nSPS) is 11.2. The van der Waals surface area contributed by atoms with Gasteiger partial charge in [0.25, 0.3) is 0 Å². The highest BCUT2D eigenvalue weighted by Gasteiger charge is 2.15. The van der Waals surface area contributed by atoms with Crippen molar-refractivity contribution in [3.05, 3.63) is 29.3 Å². The maximum Gasteiger partial charge on any atom is 0.233 e. The lowest BCUT2D eigenvalue weighted by molar-refractivity contribution is -0.119. The van der Waals surface area contributed by atoms with Crippen LogP contribution in [-0.2, 0) is 16.6 Å². The summed E-state index contributed by atoms with van der Waals surface area (Å²) >= 11 is 0. The van der Waals surface area contributed by atoms with E-state index in [-0.39, 0.29) is 17.9 Å². The molecule has 0 aromatic heterocycles. The Kier molecular flexibility index (Phi) is 5.36. The molecule has 0 aliphatic rings. The van der Waals surface area contributed by atoms with Crippen LogP contribution in [0, 0.1) is 0 Å². The average Bonchev–Trinajstić information content (AvgIpc) is 2.37. The lowest BCUT2D eigenvalue weighted by Crippen LogP contribution is -2.31. The standard InChI is InChI=1S/C15H24N2O2/c1-15(2,3)12-5-6-13(19-4)11(9-12)7-8-17-14(18)10-16/h5-6,9H,7-8,10,16H2,1-4H3,(H,17,18). The Balaban J connectivity index is 2.82. The molecule has 0 aliphatic carbocycles. The Morgan fingerprint density at radius 1 is 1.37 bits per heavy atom. The number of carbonyl (C=O) groups is 1. The van der Waals surface area contributed by atoms with Gasteiger partial charge in [0, 0.05) is 6.54 Å². The number of hydrogen-bond acceptors (Lipinski definition) is 3. The smallest absolute Gasteiger partial charge is 0.233 e. The Hall–Kier alpha value is -1.55. The molecule has 0 heterocycles. The minimum absolute atomic E-state index is 0.0270. The van der Waals surface area contributed by atoms with Crippen molar-refractivity contribution in [2.45, 2.75) is 32.6 Å². The van der Waals surface area contributed by atoms with Crippen LogP contribution in [-0.4, -0.2) is 26.1 Å². The zero-order valence-electron chi connectivity index (χ0n) is 12.2. The number of methoxy groups -OCH3 is 1. The highest BCUT2D eigenvalue weighted by atomic mass is 16.5. The van der Waals surface area contributed by atoms with Gasteiger partial charge in [-0.15, -0.1) is 0 Å². The van der Waals surface area contributed by atoms with E-state index in [1.54, 1.807) is 7.11 Å². The van der Waals surface area contributed by atoms with Crippen LogP contribution < -0.4 is 15.8 Å². The molecule has 1 aromatic carbocycles. The van der Waals surface area contributed by atoms with Crippen LogP contribution in [0.2, 0.25) is 0 Å². The molecule has 0 unspecified atom stereocenters. The first kappa shape index (κ1) is 15.5. The number of benzene rings is 1. The summed E-state index contributed by atoms with van der Waals surface area (Å²) in [5.41, 5.74) is 7.71. The van der Waals surface area contributed by atoms with Gasteiger partial charge in [-0.1, -0.05) is 32.9 Å². The predicted octanol–water partition coefficient (Wildman–Crippen LogP) is 1.61. The van der Waals surface area contributed by atoms with Crippen molar-refractivity contribution in [1.29, 1.82) is 0 Å². The lowest BCUT2D eigenvalue weighted by Gasteiger charge is -2.21. The fraction of sp³-hybridized carbons (Fsp3) is 0.533. The third kappa shape index (κ3) is 4.56. The third-order valence-corrected chi connectivity index (χ3v) is 3.05. The van der Waals surface area contributed by atoms with Gasteiger partial charge in [-0.3, -0.25) is 4.79 Å². The second-order valence-corrected chi connectivity index (χ2v) is 5.58. The zero-order valence-corrected chi connectivity index (χ0v) is 12.2. The molecule has 0 atom stereocenters. The lowest BCUT2D eigenvalue weighted by atomic mass is 9.85. The summed E-state index contributed by atoms with van der Waals surface area (Å²) in [6, 6.07) is 6.22. The number of carbonyl (C=O) groups excluding carboxylic acids is 1. The minimum atomic E-state index is -0.133. The van der Waals surface area contributed by atoms with Crippen molar-refractivity contribution in [1.82, 2.24) is 5.32 Å². The maximum absolute atomic E-state index is 11.1. The second-order valence-electron chi connectivity index (χ2n) is 5.58. The first-order valence-electron chi connectivity index (χ1n) is 6.52. The van der Waals surface area contributed by atoms with Gasteiger partial charge in [0.2, 0.25) is 5.91 Å². The average molecular weight is 264 g/mol. The SMILES string of the molecule is COc1ccc(C(C)(C)C)cc1CCNC(=O)CN. The molecule has 1 rings (SSSR count). The number of rotatable bonds is 5. The van der Waals surface area contributed by atoms with E-state index in [9.17, 15) is 4.79 Å². The summed E-state index contributed by atoms with van der Waals surface area (Å²) in [6.07, 6.45) is 0.735. The van der Waals surface area contributed by atoms with Gasteiger partial charge < -0.3 is 15.8 Å². The molecule has 4 heteroatoms. The van der Waals surface area contributed by atoms with Crippen LogP contribution in [0.25, 0.3) is 0 Å². The first-order valence-corrected chi connectivity index (χ1v) is 6.52. The highest BCUT2D eigenvalue weighted by Crippen LogP contribution is 2.28. The van der Waals surface area contributed by atoms with Gasteiger partial charge in [-0.05, 0) is 29.0 Å². The van der Waals surface area contributed by atoms with Crippen LogP contribution in [0.3, 0.4) is 0 Å². The van der Waals surface area contributed by atoms with Crippen molar-refractivity contribution in [2.75, 3.05) is 20.2 Å². The maximum atomic E-state index is 11.1. The fourth-order valence-electron chi connectivity index (χ4n) is 1.85. The van der Waals surface area contributed by atoms with E-state index in [1.165, 1.54) is 5.56 Å². The second kappa shape index (κ2) is 6.57. The van der Waals surface area contributed by atoms with E-state index in [4.69, 9.17) is 10.5 Å². The number of nitrogens with two attached hydrogens (primary N) is 1. The predicted molar refractivity (Wildman–Crippen MR) is 77.5 cm³/mol. The Morgan fingerprint density at radius 2 is 2.05 bits per heavy atom. The quantitative estimate of drug-likeness (QED) is 0.849. The van der Waals surface area contributed by atoms with E-state index in [2.05, 4.69) is 38.2 Å². The van der Waals surface area contributed by atoms with Crippen LogP contribution in [0.5, 0.6) is 5.75 Å². The molecule has 0 saturated carbocycles. The Bertz CT molecular complexity index is 436. The van der Waals surface area contributed by atoms with Crippen molar-refractivity contribution >= 4 is 5.91 Å². The molecular weight excluding hydrogens is 240 g/mol. The molecule has 0 radical (unpaired) electrons. The molecule has 106 valence electrons. The van der Waals surface area contributed by atoms with Gasteiger partial charge in [-0.2, -0.15) is 0 Å². The number of nitrogens with one attached hydrogen (secondary N) is 1. The molecule has 3 N–H and O–H groups in total.